The molecule has 20 heavy (non-hydrogen) atoms. The largest absolute Gasteiger partial charge is 0.384 e. The summed E-state index contributed by atoms with van der Waals surface area (Å²) in [7, 11) is -3.15. The molecule has 0 bridgehead atoms. The van der Waals surface area contributed by atoms with Crippen molar-refractivity contribution < 1.29 is 8.42 Å². The predicted octanol–water partition coefficient (Wildman–Crippen LogP) is 3.72. The Hall–Kier alpha value is -1.03. The molecule has 1 aliphatic rings. The average molecular weight is 295 g/mol. The fraction of sp³-hybridized carbons (Fsp3) is 0.625. The molecule has 1 N–H and O–H groups in total. The average Bonchev–Trinajstić information content (AvgIpc) is 2.47. The Bertz CT molecular complexity index is 531. The molecule has 0 heterocycles. The summed E-state index contributed by atoms with van der Waals surface area (Å²) in [5.74, 6) is 1.66. The van der Waals surface area contributed by atoms with E-state index >= 15 is 0 Å². The van der Waals surface area contributed by atoms with Crippen molar-refractivity contribution in [1.29, 1.82) is 0 Å². The van der Waals surface area contributed by atoms with Crippen LogP contribution in [0.15, 0.2) is 29.2 Å². The highest BCUT2D eigenvalue weighted by Gasteiger charge is 2.20. The first-order valence-corrected chi connectivity index (χ1v) is 9.24. The smallest absolute Gasteiger partial charge is 0.180 e. The highest BCUT2D eigenvalue weighted by atomic mass is 32.2. The zero-order chi connectivity index (χ0) is 14.6. The van der Waals surface area contributed by atoms with Crippen molar-refractivity contribution in [3.05, 3.63) is 24.3 Å². The Morgan fingerprint density at radius 3 is 2.45 bits per heavy atom. The first-order valence-electron chi connectivity index (χ1n) is 7.58. The number of rotatable bonds is 5. The third-order valence-corrected chi connectivity index (χ3v) is 6.10. The molecular weight excluding hydrogens is 270 g/mol. The fourth-order valence-electron chi connectivity index (χ4n) is 2.83. The molecule has 0 unspecified atom stereocenters. The molecule has 112 valence electrons. The summed E-state index contributed by atoms with van der Waals surface area (Å²) < 4.78 is 24.2. The fourth-order valence-corrected chi connectivity index (χ4v) is 3.90. The highest BCUT2D eigenvalue weighted by Crippen LogP contribution is 2.29. The third-order valence-electron chi connectivity index (χ3n) is 4.32. The van der Waals surface area contributed by atoms with Crippen molar-refractivity contribution in [2.75, 3.05) is 17.6 Å². The number of anilines is 1. The monoisotopic (exact) mass is 295 g/mol. The maximum atomic E-state index is 12.1. The number of benzene rings is 1. The third kappa shape index (κ3) is 3.75. The molecule has 2 rings (SSSR count). The quantitative estimate of drug-likeness (QED) is 0.900. The number of para-hydroxylation sites is 1. The second-order valence-electron chi connectivity index (χ2n) is 5.91. The van der Waals surface area contributed by atoms with Gasteiger partial charge in [-0.3, -0.25) is 0 Å². The van der Waals surface area contributed by atoms with Gasteiger partial charge in [0.2, 0.25) is 0 Å². The van der Waals surface area contributed by atoms with Crippen LogP contribution in [0.2, 0.25) is 0 Å². The molecule has 4 heteroatoms. The molecule has 1 fully saturated rings. The summed E-state index contributed by atoms with van der Waals surface area (Å²) in [6.07, 6.45) is 5.08. The van der Waals surface area contributed by atoms with E-state index in [4.69, 9.17) is 0 Å². The van der Waals surface area contributed by atoms with Crippen LogP contribution in [0.25, 0.3) is 0 Å². The van der Waals surface area contributed by atoms with Gasteiger partial charge in [0.05, 0.1) is 16.3 Å². The van der Waals surface area contributed by atoms with Gasteiger partial charge in [-0.15, -0.1) is 0 Å². The molecule has 1 saturated carbocycles. The van der Waals surface area contributed by atoms with E-state index in [0.717, 1.165) is 18.2 Å². The standard InChI is InChI=1S/C16H25NO2S/c1-3-20(18,19)16-7-5-4-6-15(16)17-12-14-10-8-13(2)9-11-14/h4-7,13-14,17H,3,8-12H2,1-2H3. The van der Waals surface area contributed by atoms with Gasteiger partial charge in [0, 0.05) is 6.54 Å². The molecule has 0 spiro atoms. The van der Waals surface area contributed by atoms with E-state index in [1.165, 1.54) is 25.7 Å². The van der Waals surface area contributed by atoms with E-state index in [-0.39, 0.29) is 5.75 Å². The van der Waals surface area contributed by atoms with E-state index in [0.29, 0.717) is 10.8 Å². The molecule has 0 radical (unpaired) electrons. The van der Waals surface area contributed by atoms with Crippen molar-refractivity contribution >= 4 is 15.5 Å². The Morgan fingerprint density at radius 1 is 1.15 bits per heavy atom. The first kappa shape index (κ1) is 15.4. The van der Waals surface area contributed by atoms with Gasteiger partial charge in [-0.2, -0.15) is 0 Å². The number of nitrogens with one attached hydrogen (secondary N) is 1. The van der Waals surface area contributed by atoms with Crippen molar-refractivity contribution in [1.82, 2.24) is 0 Å². The molecule has 0 amide bonds. The van der Waals surface area contributed by atoms with Crippen molar-refractivity contribution in [3.63, 3.8) is 0 Å². The predicted molar refractivity (Wildman–Crippen MR) is 83.8 cm³/mol. The second kappa shape index (κ2) is 6.61. The normalized spacial score (nSPS) is 23.5. The molecule has 0 aliphatic heterocycles. The Balaban J connectivity index is 2.03. The summed E-state index contributed by atoms with van der Waals surface area (Å²) in [6, 6.07) is 7.24. The van der Waals surface area contributed by atoms with Crippen LogP contribution in [0.5, 0.6) is 0 Å². The van der Waals surface area contributed by atoms with E-state index in [2.05, 4.69) is 12.2 Å². The van der Waals surface area contributed by atoms with Crippen LogP contribution >= 0.6 is 0 Å². The summed E-state index contributed by atoms with van der Waals surface area (Å²) in [4.78, 5) is 0.437. The molecule has 1 aliphatic carbocycles. The lowest BCUT2D eigenvalue weighted by Crippen LogP contribution is -2.21. The van der Waals surface area contributed by atoms with Gasteiger partial charge in [-0.05, 0) is 36.8 Å². The minimum atomic E-state index is -3.15. The van der Waals surface area contributed by atoms with Gasteiger partial charge in [0.1, 0.15) is 0 Å². The minimum Gasteiger partial charge on any atom is -0.384 e. The number of hydrogen-bond donors (Lipinski definition) is 1. The lowest BCUT2D eigenvalue weighted by Gasteiger charge is -2.26. The molecule has 3 nitrogen and oxygen atoms in total. The first-order chi connectivity index (χ1) is 9.53. The van der Waals surface area contributed by atoms with Crippen LogP contribution in [-0.2, 0) is 9.84 Å². The molecule has 0 aromatic heterocycles. The molecule has 0 atom stereocenters. The van der Waals surface area contributed by atoms with E-state index in [9.17, 15) is 8.42 Å². The van der Waals surface area contributed by atoms with E-state index in [1.54, 1.807) is 19.1 Å². The Kier molecular flexibility index (Phi) is 5.08. The molecular formula is C16H25NO2S. The zero-order valence-electron chi connectivity index (χ0n) is 12.4. The van der Waals surface area contributed by atoms with Crippen LogP contribution in [0.3, 0.4) is 0 Å². The molecule has 1 aromatic rings. The van der Waals surface area contributed by atoms with Gasteiger partial charge >= 0.3 is 0 Å². The highest BCUT2D eigenvalue weighted by molar-refractivity contribution is 7.91. The van der Waals surface area contributed by atoms with E-state index in [1.807, 2.05) is 12.1 Å². The zero-order valence-corrected chi connectivity index (χ0v) is 13.2. The second-order valence-corrected chi connectivity index (χ2v) is 8.15. The summed E-state index contributed by atoms with van der Waals surface area (Å²) in [5.41, 5.74) is 0.757. The van der Waals surface area contributed by atoms with Crippen molar-refractivity contribution in [3.8, 4) is 0 Å². The van der Waals surface area contributed by atoms with Crippen LogP contribution in [0.1, 0.15) is 39.5 Å². The maximum Gasteiger partial charge on any atom is 0.180 e. The van der Waals surface area contributed by atoms with Gasteiger partial charge < -0.3 is 5.32 Å². The Labute approximate surface area is 122 Å². The lowest BCUT2D eigenvalue weighted by molar-refractivity contribution is 0.300. The van der Waals surface area contributed by atoms with Gasteiger partial charge in [-0.1, -0.05) is 38.8 Å². The Morgan fingerprint density at radius 2 is 1.80 bits per heavy atom. The maximum absolute atomic E-state index is 12.1. The SMILES string of the molecule is CCS(=O)(=O)c1ccccc1NCC1CCC(C)CC1. The number of sulfone groups is 1. The molecule has 1 aromatic carbocycles. The van der Waals surface area contributed by atoms with Crippen LogP contribution in [0, 0.1) is 11.8 Å². The summed E-state index contributed by atoms with van der Waals surface area (Å²) in [6.45, 7) is 4.88. The summed E-state index contributed by atoms with van der Waals surface area (Å²) in [5, 5.41) is 3.36. The lowest BCUT2D eigenvalue weighted by atomic mass is 9.83. The van der Waals surface area contributed by atoms with Gasteiger partial charge in [0.15, 0.2) is 9.84 Å². The molecule has 0 saturated heterocycles. The van der Waals surface area contributed by atoms with Crippen molar-refractivity contribution in [2.24, 2.45) is 11.8 Å². The van der Waals surface area contributed by atoms with Crippen LogP contribution < -0.4 is 5.32 Å². The van der Waals surface area contributed by atoms with Crippen LogP contribution in [-0.4, -0.2) is 20.7 Å². The van der Waals surface area contributed by atoms with Crippen molar-refractivity contribution in [2.45, 2.75) is 44.4 Å². The van der Waals surface area contributed by atoms with Gasteiger partial charge in [-0.25, -0.2) is 8.42 Å². The minimum absolute atomic E-state index is 0.145. The number of hydrogen-bond acceptors (Lipinski definition) is 3. The topological polar surface area (TPSA) is 46.2 Å². The summed E-state index contributed by atoms with van der Waals surface area (Å²) >= 11 is 0. The van der Waals surface area contributed by atoms with E-state index < -0.39 is 9.84 Å². The van der Waals surface area contributed by atoms with Gasteiger partial charge in [0.25, 0.3) is 0 Å². The van der Waals surface area contributed by atoms with Crippen LogP contribution in [0.4, 0.5) is 5.69 Å².